The average Bonchev–Trinajstić information content (AvgIpc) is 3.22. The second-order valence-corrected chi connectivity index (χ2v) is 8.96. The Hall–Kier alpha value is -2.62. The van der Waals surface area contributed by atoms with E-state index in [9.17, 15) is 0 Å². The minimum Gasteiger partial charge on any atom is -0.356 e. The summed E-state index contributed by atoms with van der Waals surface area (Å²) in [7, 11) is 0. The van der Waals surface area contributed by atoms with Gasteiger partial charge in [-0.1, -0.05) is 18.6 Å². The van der Waals surface area contributed by atoms with Crippen LogP contribution in [0.15, 0.2) is 36.5 Å². The Kier molecular flexibility index (Phi) is 5.80. The van der Waals surface area contributed by atoms with Crippen LogP contribution < -0.4 is 4.90 Å². The van der Waals surface area contributed by atoms with E-state index in [-0.39, 0.29) is 0 Å². The molecular formula is C24H27ClN6. The molecular weight excluding hydrogens is 408 g/mol. The van der Waals surface area contributed by atoms with Crippen LogP contribution >= 0.6 is 11.6 Å². The summed E-state index contributed by atoms with van der Waals surface area (Å²) >= 11 is 6.36. The molecule has 0 atom stereocenters. The highest BCUT2D eigenvalue weighted by Gasteiger charge is 2.27. The third-order valence-corrected chi connectivity index (χ3v) is 6.85. The molecule has 0 unspecified atom stereocenters. The van der Waals surface area contributed by atoms with E-state index in [1.807, 2.05) is 24.3 Å². The molecule has 160 valence electrons. The topological polar surface area (TPSA) is 61.0 Å². The fraction of sp³-hybridized carbons (Fsp3) is 0.458. The first-order chi connectivity index (χ1) is 15.2. The van der Waals surface area contributed by atoms with Crippen molar-refractivity contribution in [2.45, 2.75) is 44.7 Å². The SMILES string of the molecule is N#Cc1ccc(Cn2ccc3c(N4CCC(N5CCCCC5)CC4)nc(Cl)nc32)cc1. The van der Waals surface area contributed by atoms with Crippen LogP contribution in [0.3, 0.4) is 0 Å². The molecule has 4 heterocycles. The molecule has 0 amide bonds. The van der Waals surface area contributed by atoms with Gasteiger partial charge in [-0.05, 0) is 74.1 Å². The van der Waals surface area contributed by atoms with Crippen LogP contribution in [0.1, 0.15) is 43.2 Å². The lowest BCUT2D eigenvalue weighted by molar-refractivity contribution is 0.141. The first-order valence-electron chi connectivity index (χ1n) is 11.2. The lowest BCUT2D eigenvalue weighted by atomic mass is 10.00. The first kappa shape index (κ1) is 20.3. The lowest BCUT2D eigenvalue weighted by Crippen LogP contribution is -2.47. The molecule has 2 aliphatic heterocycles. The van der Waals surface area contributed by atoms with Crippen LogP contribution in [0.2, 0.25) is 5.28 Å². The van der Waals surface area contributed by atoms with E-state index in [1.165, 1.54) is 45.2 Å². The van der Waals surface area contributed by atoms with E-state index < -0.39 is 0 Å². The number of nitrogens with zero attached hydrogens (tertiary/aromatic N) is 6. The molecule has 2 aromatic heterocycles. The van der Waals surface area contributed by atoms with Crippen LogP contribution in [0.25, 0.3) is 11.0 Å². The van der Waals surface area contributed by atoms with Gasteiger partial charge in [-0.2, -0.15) is 15.2 Å². The van der Waals surface area contributed by atoms with Crippen LogP contribution in [-0.2, 0) is 6.54 Å². The minimum absolute atomic E-state index is 0.292. The van der Waals surface area contributed by atoms with Crippen molar-refractivity contribution in [3.63, 3.8) is 0 Å². The van der Waals surface area contributed by atoms with Gasteiger partial charge in [0.05, 0.1) is 17.0 Å². The molecule has 0 radical (unpaired) electrons. The zero-order chi connectivity index (χ0) is 21.2. The predicted molar refractivity (Wildman–Crippen MR) is 123 cm³/mol. The number of rotatable bonds is 4. The van der Waals surface area contributed by atoms with Gasteiger partial charge in [-0.3, -0.25) is 0 Å². The van der Waals surface area contributed by atoms with E-state index in [2.05, 4.69) is 42.7 Å². The third kappa shape index (κ3) is 4.26. The maximum Gasteiger partial charge on any atom is 0.226 e. The van der Waals surface area contributed by atoms with E-state index in [4.69, 9.17) is 16.9 Å². The third-order valence-electron chi connectivity index (χ3n) is 6.68. The van der Waals surface area contributed by atoms with Crippen molar-refractivity contribution in [2.24, 2.45) is 0 Å². The number of hydrogen-bond acceptors (Lipinski definition) is 5. The summed E-state index contributed by atoms with van der Waals surface area (Å²) < 4.78 is 2.11. The Labute approximate surface area is 188 Å². The fourth-order valence-corrected chi connectivity index (χ4v) is 5.16. The Bertz CT molecular complexity index is 1090. The number of likely N-dealkylation sites (tertiary alicyclic amines) is 1. The number of aromatic nitrogens is 3. The second-order valence-electron chi connectivity index (χ2n) is 8.62. The van der Waals surface area contributed by atoms with Gasteiger partial charge in [-0.15, -0.1) is 0 Å². The normalized spacial score (nSPS) is 18.4. The molecule has 0 aliphatic carbocycles. The number of anilines is 1. The maximum absolute atomic E-state index is 9.01. The highest BCUT2D eigenvalue weighted by molar-refractivity contribution is 6.28. The number of halogens is 1. The van der Waals surface area contributed by atoms with Gasteiger partial charge in [-0.25, -0.2) is 0 Å². The van der Waals surface area contributed by atoms with Crippen molar-refractivity contribution in [1.82, 2.24) is 19.4 Å². The zero-order valence-corrected chi connectivity index (χ0v) is 18.4. The predicted octanol–water partition coefficient (Wildman–Crippen LogP) is 4.46. The highest BCUT2D eigenvalue weighted by Crippen LogP contribution is 2.30. The number of fused-ring (bicyclic) bond motifs is 1. The van der Waals surface area contributed by atoms with Crippen LogP contribution in [0.5, 0.6) is 0 Å². The Morgan fingerprint density at radius 1 is 0.968 bits per heavy atom. The quantitative estimate of drug-likeness (QED) is 0.567. The van der Waals surface area contributed by atoms with Crippen LogP contribution in [0.4, 0.5) is 5.82 Å². The summed E-state index contributed by atoms with van der Waals surface area (Å²) in [5.74, 6) is 0.950. The van der Waals surface area contributed by atoms with Crippen molar-refractivity contribution in [3.8, 4) is 6.07 Å². The summed E-state index contributed by atoms with van der Waals surface area (Å²) in [5.41, 5.74) is 2.65. The van der Waals surface area contributed by atoms with Crippen molar-refractivity contribution < 1.29 is 0 Å². The summed E-state index contributed by atoms with van der Waals surface area (Å²) in [6, 6.07) is 12.6. The molecule has 7 heteroatoms. The summed E-state index contributed by atoms with van der Waals surface area (Å²) in [6.45, 7) is 5.20. The summed E-state index contributed by atoms with van der Waals surface area (Å²) in [4.78, 5) is 14.2. The van der Waals surface area contributed by atoms with Gasteiger partial charge >= 0.3 is 0 Å². The molecule has 3 aromatic rings. The second kappa shape index (κ2) is 8.86. The van der Waals surface area contributed by atoms with Crippen molar-refractivity contribution in [3.05, 3.63) is 52.9 Å². The number of hydrogen-bond donors (Lipinski definition) is 0. The Morgan fingerprint density at radius 3 is 2.42 bits per heavy atom. The minimum atomic E-state index is 0.292. The Balaban J connectivity index is 1.35. The largest absolute Gasteiger partial charge is 0.356 e. The van der Waals surface area contributed by atoms with E-state index in [1.54, 1.807) is 0 Å². The maximum atomic E-state index is 9.01. The van der Waals surface area contributed by atoms with Gasteiger partial charge in [0.25, 0.3) is 0 Å². The molecule has 0 N–H and O–H groups in total. The molecule has 31 heavy (non-hydrogen) atoms. The van der Waals surface area contributed by atoms with Crippen molar-refractivity contribution in [2.75, 3.05) is 31.1 Å². The first-order valence-corrected chi connectivity index (χ1v) is 11.6. The molecule has 2 aliphatic rings. The van der Waals surface area contributed by atoms with E-state index in [0.717, 1.165) is 35.5 Å². The Morgan fingerprint density at radius 2 is 1.71 bits per heavy atom. The van der Waals surface area contributed by atoms with Gasteiger partial charge in [0.1, 0.15) is 11.5 Å². The number of piperidine rings is 2. The molecule has 2 fully saturated rings. The average molecular weight is 435 g/mol. The fourth-order valence-electron chi connectivity index (χ4n) is 5.00. The van der Waals surface area contributed by atoms with Gasteiger partial charge < -0.3 is 14.4 Å². The molecule has 0 saturated carbocycles. The smallest absolute Gasteiger partial charge is 0.226 e. The lowest BCUT2D eigenvalue weighted by Gasteiger charge is -2.40. The van der Waals surface area contributed by atoms with Crippen LogP contribution in [0, 0.1) is 11.3 Å². The standard InChI is InChI=1S/C24H27ClN6/c25-24-27-22(30-13-8-20(9-14-30)29-11-2-1-3-12-29)21-10-15-31(23(21)28-24)17-19-6-4-18(16-26)5-7-19/h4-7,10,15,20H,1-3,8-9,11-14,17H2. The zero-order valence-electron chi connectivity index (χ0n) is 17.7. The van der Waals surface area contributed by atoms with Gasteiger partial charge in [0.2, 0.25) is 5.28 Å². The molecule has 1 aromatic carbocycles. The van der Waals surface area contributed by atoms with Gasteiger partial charge in [0.15, 0.2) is 0 Å². The summed E-state index contributed by atoms with van der Waals surface area (Å²) in [5, 5.41) is 10.4. The molecule has 0 bridgehead atoms. The van der Waals surface area contributed by atoms with E-state index >= 15 is 0 Å². The highest BCUT2D eigenvalue weighted by atomic mass is 35.5. The van der Waals surface area contributed by atoms with Gasteiger partial charge in [0, 0.05) is 31.9 Å². The van der Waals surface area contributed by atoms with Crippen LogP contribution in [-0.4, -0.2) is 51.7 Å². The number of nitriles is 1. The van der Waals surface area contributed by atoms with Crippen molar-refractivity contribution in [1.29, 1.82) is 5.26 Å². The van der Waals surface area contributed by atoms with Crippen molar-refractivity contribution >= 4 is 28.5 Å². The van der Waals surface area contributed by atoms with E-state index in [0.29, 0.717) is 23.4 Å². The molecule has 0 spiro atoms. The summed E-state index contributed by atoms with van der Waals surface area (Å²) in [6.07, 6.45) is 8.47. The number of benzene rings is 1. The molecule has 6 nitrogen and oxygen atoms in total. The molecule has 5 rings (SSSR count). The monoisotopic (exact) mass is 434 g/mol. The molecule has 2 saturated heterocycles.